The summed E-state index contributed by atoms with van der Waals surface area (Å²) in [6.07, 6.45) is 0.764. The lowest BCUT2D eigenvalue weighted by molar-refractivity contribution is 0.103. The number of carbonyl (C=O) groups excluding carboxylic acids is 2. The molecule has 0 fully saturated rings. The maximum atomic E-state index is 12.1. The van der Waals surface area contributed by atoms with Crippen molar-refractivity contribution in [1.29, 1.82) is 0 Å². The van der Waals surface area contributed by atoms with E-state index in [9.17, 15) is 9.59 Å². The molecule has 2 aromatic rings. The number of ketones is 1. The summed E-state index contributed by atoms with van der Waals surface area (Å²) in [4.78, 5) is 22.6. The van der Waals surface area contributed by atoms with Gasteiger partial charge in [0.25, 0.3) is 0 Å². The second kappa shape index (κ2) is 4.74. The van der Waals surface area contributed by atoms with Gasteiger partial charge in [0.15, 0.2) is 5.78 Å². The Kier molecular flexibility index (Phi) is 3.15. The molecule has 0 radical (unpaired) electrons. The van der Waals surface area contributed by atoms with Crippen LogP contribution >= 0.6 is 0 Å². The van der Waals surface area contributed by atoms with Crippen molar-refractivity contribution in [3.8, 4) is 0 Å². The topological polar surface area (TPSA) is 34.1 Å². The van der Waals surface area contributed by atoms with E-state index in [0.29, 0.717) is 16.7 Å². The normalized spacial score (nSPS) is 9.94. The SMILES string of the molecule is Cc1ccc(C(=O)c2ccc(C=O)cc2)cc1. The van der Waals surface area contributed by atoms with Gasteiger partial charge in [-0.05, 0) is 6.92 Å². The fourth-order valence-electron chi connectivity index (χ4n) is 1.58. The van der Waals surface area contributed by atoms with E-state index < -0.39 is 0 Å². The number of aldehydes is 1. The van der Waals surface area contributed by atoms with Crippen molar-refractivity contribution < 1.29 is 9.59 Å². The molecule has 0 amide bonds. The lowest BCUT2D eigenvalue weighted by Crippen LogP contribution is -2.01. The number of hydrogen-bond acceptors (Lipinski definition) is 2. The Bertz CT molecular complexity index is 536. The van der Waals surface area contributed by atoms with Crippen LogP contribution in [-0.2, 0) is 0 Å². The van der Waals surface area contributed by atoms with Gasteiger partial charge < -0.3 is 0 Å². The van der Waals surface area contributed by atoms with Crippen LogP contribution in [-0.4, -0.2) is 12.1 Å². The molecule has 2 rings (SSSR count). The van der Waals surface area contributed by atoms with E-state index >= 15 is 0 Å². The van der Waals surface area contributed by atoms with Crippen LogP contribution in [0.1, 0.15) is 31.8 Å². The Morgan fingerprint density at radius 2 is 1.35 bits per heavy atom. The van der Waals surface area contributed by atoms with Crippen LogP contribution in [0.2, 0.25) is 0 Å². The maximum Gasteiger partial charge on any atom is 0.193 e. The van der Waals surface area contributed by atoms with Crippen LogP contribution in [0, 0.1) is 6.92 Å². The van der Waals surface area contributed by atoms with Gasteiger partial charge >= 0.3 is 0 Å². The van der Waals surface area contributed by atoms with Gasteiger partial charge in [0.1, 0.15) is 6.29 Å². The van der Waals surface area contributed by atoms with E-state index in [-0.39, 0.29) is 5.78 Å². The number of benzene rings is 2. The smallest absolute Gasteiger partial charge is 0.193 e. The second-order valence-corrected chi connectivity index (χ2v) is 3.94. The molecule has 0 bridgehead atoms. The highest BCUT2D eigenvalue weighted by molar-refractivity contribution is 6.09. The molecule has 0 heterocycles. The molecular formula is C15H12O2. The minimum absolute atomic E-state index is 0.0255. The van der Waals surface area contributed by atoms with Crippen molar-refractivity contribution in [2.75, 3.05) is 0 Å². The van der Waals surface area contributed by atoms with Crippen LogP contribution in [0.5, 0.6) is 0 Å². The zero-order valence-electron chi connectivity index (χ0n) is 9.51. The summed E-state index contributed by atoms with van der Waals surface area (Å²) >= 11 is 0. The zero-order chi connectivity index (χ0) is 12.3. The van der Waals surface area contributed by atoms with E-state index in [0.717, 1.165) is 11.8 Å². The van der Waals surface area contributed by atoms with Gasteiger partial charge in [-0.1, -0.05) is 54.1 Å². The number of aryl methyl sites for hydroxylation is 1. The molecule has 2 nitrogen and oxygen atoms in total. The highest BCUT2D eigenvalue weighted by Crippen LogP contribution is 2.11. The summed E-state index contributed by atoms with van der Waals surface area (Å²) in [5.74, 6) is -0.0255. The van der Waals surface area contributed by atoms with Crippen molar-refractivity contribution in [2.45, 2.75) is 6.92 Å². The average Bonchev–Trinajstić information content (AvgIpc) is 2.39. The van der Waals surface area contributed by atoms with E-state index in [1.54, 1.807) is 24.3 Å². The van der Waals surface area contributed by atoms with E-state index in [2.05, 4.69) is 0 Å². The first kappa shape index (κ1) is 11.3. The molecule has 0 unspecified atom stereocenters. The molecule has 0 spiro atoms. The molecule has 0 saturated heterocycles. The van der Waals surface area contributed by atoms with Crippen LogP contribution in [0.15, 0.2) is 48.5 Å². The first-order valence-electron chi connectivity index (χ1n) is 5.37. The molecular weight excluding hydrogens is 212 g/mol. The van der Waals surface area contributed by atoms with Crippen LogP contribution < -0.4 is 0 Å². The molecule has 0 N–H and O–H groups in total. The summed E-state index contributed by atoms with van der Waals surface area (Å²) in [6.45, 7) is 1.98. The highest BCUT2D eigenvalue weighted by Gasteiger charge is 2.08. The molecule has 0 aliphatic carbocycles. The molecule has 0 aliphatic heterocycles. The summed E-state index contributed by atoms with van der Waals surface area (Å²) in [5, 5.41) is 0. The van der Waals surface area contributed by atoms with E-state index in [1.165, 1.54) is 0 Å². The largest absolute Gasteiger partial charge is 0.298 e. The van der Waals surface area contributed by atoms with Gasteiger partial charge in [0, 0.05) is 16.7 Å². The predicted molar refractivity (Wildman–Crippen MR) is 66.4 cm³/mol. The summed E-state index contributed by atoms with van der Waals surface area (Å²) in [5.41, 5.74) is 2.96. The molecule has 17 heavy (non-hydrogen) atoms. The number of carbonyl (C=O) groups is 2. The van der Waals surface area contributed by atoms with Crippen molar-refractivity contribution in [3.63, 3.8) is 0 Å². The molecule has 84 valence electrons. The highest BCUT2D eigenvalue weighted by atomic mass is 16.1. The van der Waals surface area contributed by atoms with E-state index in [4.69, 9.17) is 0 Å². The lowest BCUT2D eigenvalue weighted by atomic mass is 10.0. The summed E-state index contributed by atoms with van der Waals surface area (Å²) < 4.78 is 0. The maximum absolute atomic E-state index is 12.1. The minimum atomic E-state index is -0.0255. The first-order chi connectivity index (χ1) is 8.20. The third kappa shape index (κ3) is 2.48. The molecule has 2 aromatic carbocycles. The van der Waals surface area contributed by atoms with Crippen molar-refractivity contribution in [2.24, 2.45) is 0 Å². The fourth-order valence-corrected chi connectivity index (χ4v) is 1.58. The van der Waals surface area contributed by atoms with Crippen LogP contribution in [0.25, 0.3) is 0 Å². The Balaban J connectivity index is 2.30. The Hall–Kier alpha value is -2.22. The molecule has 2 heteroatoms. The standard InChI is InChI=1S/C15H12O2/c1-11-2-6-13(7-3-11)15(17)14-8-4-12(10-16)5-9-14/h2-10H,1H3. The van der Waals surface area contributed by atoms with Gasteiger partial charge in [-0.15, -0.1) is 0 Å². The third-order valence-electron chi connectivity index (χ3n) is 2.62. The van der Waals surface area contributed by atoms with Crippen LogP contribution in [0.3, 0.4) is 0 Å². The first-order valence-corrected chi connectivity index (χ1v) is 5.37. The summed E-state index contributed by atoms with van der Waals surface area (Å²) in [7, 11) is 0. The Morgan fingerprint density at radius 1 is 0.882 bits per heavy atom. The molecule has 0 aliphatic rings. The number of hydrogen-bond donors (Lipinski definition) is 0. The van der Waals surface area contributed by atoms with Crippen LogP contribution in [0.4, 0.5) is 0 Å². The summed E-state index contributed by atoms with van der Waals surface area (Å²) in [6, 6.07) is 14.1. The van der Waals surface area contributed by atoms with Gasteiger partial charge in [-0.3, -0.25) is 9.59 Å². The second-order valence-electron chi connectivity index (χ2n) is 3.94. The predicted octanol–water partition coefficient (Wildman–Crippen LogP) is 3.04. The number of rotatable bonds is 3. The van der Waals surface area contributed by atoms with Gasteiger partial charge in [-0.2, -0.15) is 0 Å². The minimum Gasteiger partial charge on any atom is -0.298 e. The van der Waals surface area contributed by atoms with Gasteiger partial charge in [-0.25, -0.2) is 0 Å². The molecule has 0 atom stereocenters. The monoisotopic (exact) mass is 224 g/mol. The fraction of sp³-hybridized carbons (Fsp3) is 0.0667. The average molecular weight is 224 g/mol. The Morgan fingerprint density at radius 3 is 1.82 bits per heavy atom. The van der Waals surface area contributed by atoms with Crippen molar-refractivity contribution in [3.05, 3.63) is 70.8 Å². The van der Waals surface area contributed by atoms with Gasteiger partial charge in [0.05, 0.1) is 0 Å². The van der Waals surface area contributed by atoms with Gasteiger partial charge in [0.2, 0.25) is 0 Å². The quantitative estimate of drug-likeness (QED) is 0.593. The zero-order valence-corrected chi connectivity index (χ0v) is 9.51. The third-order valence-corrected chi connectivity index (χ3v) is 2.62. The molecule has 0 aromatic heterocycles. The van der Waals surface area contributed by atoms with Crippen molar-refractivity contribution in [1.82, 2.24) is 0 Å². The van der Waals surface area contributed by atoms with E-state index in [1.807, 2.05) is 31.2 Å². The van der Waals surface area contributed by atoms with Crippen molar-refractivity contribution >= 4 is 12.1 Å². The lowest BCUT2D eigenvalue weighted by Gasteiger charge is -2.02. The molecule has 0 saturated carbocycles. The Labute approximate surface area is 99.9 Å².